The molecule has 0 saturated heterocycles. The molecule has 1 heterocycles. The van der Waals surface area contributed by atoms with Gasteiger partial charge in [-0.05, 0) is 24.1 Å². The van der Waals surface area contributed by atoms with Crippen molar-refractivity contribution in [1.82, 2.24) is 0 Å². The molecule has 1 aromatic rings. The second-order valence-electron chi connectivity index (χ2n) is 4.34. The van der Waals surface area contributed by atoms with E-state index in [9.17, 15) is 9.59 Å². The van der Waals surface area contributed by atoms with Crippen molar-refractivity contribution in [2.75, 3.05) is 18.1 Å². The Bertz CT molecular complexity index is 501. The van der Waals surface area contributed by atoms with Gasteiger partial charge in [-0.15, -0.1) is 0 Å². The molecule has 0 aromatic heterocycles. The summed E-state index contributed by atoms with van der Waals surface area (Å²) in [6, 6.07) is 5.44. The zero-order chi connectivity index (χ0) is 13.8. The number of aliphatic carboxylic acids is 1. The second kappa shape index (κ2) is 5.71. The lowest BCUT2D eigenvalue weighted by atomic mass is 10.1. The Labute approximate surface area is 110 Å². The number of carbonyl (C=O) groups excluding carboxylic acids is 1. The maximum absolute atomic E-state index is 11.8. The number of fused-ring (bicyclic) bond motifs is 1. The molecular weight excluding hydrogens is 248 g/mol. The van der Waals surface area contributed by atoms with E-state index in [-0.39, 0.29) is 18.9 Å². The van der Waals surface area contributed by atoms with Crippen molar-refractivity contribution < 1.29 is 19.4 Å². The normalized spacial score (nSPS) is 13.9. The van der Waals surface area contributed by atoms with E-state index in [0.29, 0.717) is 30.9 Å². The molecule has 0 unspecified atom stereocenters. The maximum atomic E-state index is 11.8. The predicted octanol–water partition coefficient (Wildman–Crippen LogP) is 0.736. The van der Waals surface area contributed by atoms with Crippen LogP contribution in [0.2, 0.25) is 0 Å². The van der Waals surface area contributed by atoms with Crippen LogP contribution in [0.5, 0.6) is 5.75 Å². The van der Waals surface area contributed by atoms with Gasteiger partial charge in [-0.2, -0.15) is 0 Å². The van der Waals surface area contributed by atoms with E-state index in [1.165, 1.54) is 0 Å². The lowest BCUT2D eigenvalue weighted by Gasteiger charge is -2.29. The lowest BCUT2D eigenvalue weighted by Crippen LogP contribution is -2.39. The SMILES string of the molecule is NCc1ccc2c(c1)OCC(=O)N2CCCC(=O)O. The molecule has 0 fully saturated rings. The van der Waals surface area contributed by atoms with Crippen LogP contribution in [-0.2, 0) is 16.1 Å². The summed E-state index contributed by atoms with van der Waals surface area (Å²) in [5, 5.41) is 8.63. The summed E-state index contributed by atoms with van der Waals surface area (Å²) in [4.78, 5) is 23.9. The highest BCUT2D eigenvalue weighted by Gasteiger charge is 2.25. The third-order valence-corrected chi connectivity index (χ3v) is 2.98. The Morgan fingerprint density at radius 3 is 2.95 bits per heavy atom. The number of hydrogen-bond acceptors (Lipinski definition) is 4. The predicted molar refractivity (Wildman–Crippen MR) is 69.1 cm³/mol. The van der Waals surface area contributed by atoms with Gasteiger partial charge in [0.15, 0.2) is 6.61 Å². The first-order chi connectivity index (χ1) is 9.11. The molecule has 3 N–H and O–H groups in total. The van der Waals surface area contributed by atoms with E-state index in [1.54, 1.807) is 11.0 Å². The molecule has 0 atom stereocenters. The summed E-state index contributed by atoms with van der Waals surface area (Å²) in [6.07, 6.45) is 0.458. The van der Waals surface area contributed by atoms with Crippen LogP contribution >= 0.6 is 0 Å². The molecular formula is C13H16N2O4. The van der Waals surface area contributed by atoms with Gasteiger partial charge in [0.25, 0.3) is 5.91 Å². The quantitative estimate of drug-likeness (QED) is 0.818. The summed E-state index contributed by atoms with van der Waals surface area (Å²) in [7, 11) is 0. The van der Waals surface area contributed by atoms with Crippen LogP contribution < -0.4 is 15.4 Å². The molecule has 0 radical (unpaired) electrons. The molecule has 102 valence electrons. The molecule has 0 spiro atoms. The van der Waals surface area contributed by atoms with Gasteiger partial charge in [0.05, 0.1) is 5.69 Å². The van der Waals surface area contributed by atoms with Crippen LogP contribution in [-0.4, -0.2) is 30.1 Å². The first-order valence-corrected chi connectivity index (χ1v) is 6.10. The summed E-state index contributed by atoms with van der Waals surface area (Å²) >= 11 is 0. The zero-order valence-electron chi connectivity index (χ0n) is 10.5. The topological polar surface area (TPSA) is 92.9 Å². The average Bonchev–Trinajstić information content (AvgIpc) is 2.40. The number of rotatable bonds is 5. The van der Waals surface area contributed by atoms with Gasteiger partial charge in [-0.3, -0.25) is 9.59 Å². The molecule has 0 aliphatic carbocycles. The number of benzene rings is 1. The highest BCUT2D eigenvalue weighted by molar-refractivity contribution is 5.97. The smallest absolute Gasteiger partial charge is 0.303 e. The molecule has 19 heavy (non-hydrogen) atoms. The fourth-order valence-corrected chi connectivity index (χ4v) is 2.01. The van der Waals surface area contributed by atoms with Gasteiger partial charge in [-0.1, -0.05) is 6.07 Å². The Morgan fingerprint density at radius 2 is 2.26 bits per heavy atom. The number of anilines is 1. The van der Waals surface area contributed by atoms with Crippen molar-refractivity contribution in [3.8, 4) is 5.75 Å². The molecule has 6 nitrogen and oxygen atoms in total. The van der Waals surface area contributed by atoms with Crippen LogP contribution in [0.3, 0.4) is 0 Å². The molecule has 1 aliphatic heterocycles. The summed E-state index contributed by atoms with van der Waals surface area (Å²) in [5.74, 6) is -0.393. The number of nitrogens with zero attached hydrogens (tertiary/aromatic N) is 1. The standard InChI is InChI=1S/C13H16N2O4/c14-7-9-3-4-10-11(6-9)19-8-12(16)15(10)5-1-2-13(17)18/h3-4,6H,1-2,5,7-8,14H2,(H,17,18). The summed E-state index contributed by atoms with van der Waals surface area (Å²) in [5.41, 5.74) is 7.17. The van der Waals surface area contributed by atoms with Crippen molar-refractivity contribution in [3.05, 3.63) is 23.8 Å². The molecule has 0 saturated carbocycles. The number of hydrogen-bond donors (Lipinski definition) is 2. The fraction of sp³-hybridized carbons (Fsp3) is 0.385. The minimum absolute atomic E-state index is 0.0197. The van der Waals surface area contributed by atoms with Crippen molar-refractivity contribution in [2.24, 2.45) is 5.73 Å². The van der Waals surface area contributed by atoms with E-state index in [1.807, 2.05) is 12.1 Å². The summed E-state index contributed by atoms with van der Waals surface area (Å²) < 4.78 is 5.37. The van der Waals surface area contributed by atoms with E-state index < -0.39 is 5.97 Å². The zero-order valence-corrected chi connectivity index (χ0v) is 10.5. The van der Waals surface area contributed by atoms with E-state index in [4.69, 9.17) is 15.6 Å². The monoisotopic (exact) mass is 264 g/mol. The number of nitrogens with two attached hydrogens (primary N) is 1. The Hall–Kier alpha value is -2.08. The van der Waals surface area contributed by atoms with Crippen molar-refractivity contribution in [1.29, 1.82) is 0 Å². The number of ether oxygens (including phenoxy) is 1. The average molecular weight is 264 g/mol. The largest absolute Gasteiger partial charge is 0.482 e. The van der Waals surface area contributed by atoms with E-state index in [2.05, 4.69) is 0 Å². The van der Waals surface area contributed by atoms with Crippen LogP contribution in [0.15, 0.2) is 18.2 Å². The Balaban J connectivity index is 2.15. The number of carboxylic acid groups (broad SMARTS) is 1. The minimum atomic E-state index is -0.862. The number of carboxylic acids is 1. The van der Waals surface area contributed by atoms with Crippen molar-refractivity contribution in [2.45, 2.75) is 19.4 Å². The Morgan fingerprint density at radius 1 is 1.47 bits per heavy atom. The number of carbonyl (C=O) groups is 2. The second-order valence-corrected chi connectivity index (χ2v) is 4.34. The molecule has 6 heteroatoms. The van der Waals surface area contributed by atoms with Crippen molar-refractivity contribution >= 4 is 17.6 Å². The molecule has 2 rings (SSSR count). The highest BCUT2D eigenvalue weighted by atomic mass is 16.5. The molecule has 0 bridgehead atoms. The maximum Gasteiger partial charge on any atom is 0.303 e. The third-order valence-electron chi connectivity index (χ3n) is 2.98. The highest BCUT2D eigenvalue weighted by Crippen LogP contribution is 2.33. The first kappa shape index (κ1) is 13.4. The third kappa shape index (κ3) is 3.03. The van der Waals surface area contributed by atoms with Gasteiger partial charge in [0.2, 0.25) is 0 Å². The van der Waals surface area contributed by atoms with Crippen LogP contribution in [0.4, 0.5) is 5.69 Å². The Kier molecular flexibility index (Phi) is 4.01. The van der Waals surface area contributed by atoms with Gasteiger partial charge in [-0.25, -0.2) is 0 Å². The fourth-order valence-electron chi connectivity index (χ4n) is 2.01. The molecule has 1 aliphatic rings. The van der Waals surface area contributed by atoms with Crippen LogP contribution in [0.25, 0.3) is 0 Å². The number of amides is 1. The molecule has 1 aromatic carbocycles. The van der Waals surface area contributed by atoms with Crippen molar-refractivity contribution in [3.63, 3.8) is 0 Å². The van der Waals surface area contributed by atoms with Gasteiger partial charge < -0.3 is 20.5 Å². The lowest BCUT2D eigenvalue weighted by molar-refractivity contribution is -0.137. The first-order valence-electron chi connectivity index (χ1n) is 6.10. The van der Waals surface area contributed by atoms with Gasteiger partial charge in [0, 0.05) is 19.5 Å². The van der Waals surface area contributed by atoms with E-state index in [0.717, 1.165) is 5.56 Å². The minimum Gasteiger partial charge on any atom is -0.482 e. The van der Waals surface area contributed by atoms with Gasteiger partial charge >= 0.3 is 5.97 Å². The molecule has 1 amide bonds. The van der Waals surface area contributed by atoms with E-state index >= 15 is 0 Å². The van der Waals surface area contributed by atoms with Gasteiger partial charge in [0.1, 0.15) is 5.75 Å². The van der Waals surface area contributed by atoms with Crippen LogP contribution in [0.1, 0.15) is 18.4 Å². The summed E-state index contributed by atoms with van der Waals surface area (Å²) in [6.45, 7) is 0.765. The van der Waals surface area contributed by atoms with Crippen LogP contribution in [0, 0.1) is 0 Å².